The lowest BCUT2D eigenvalue weighted by Crippen LogP contribution is -2.29. The number of hydrogen-bond acceptors (Lipinski definition) is 2. The van der Waals surface area contributed by atoms with Crippen molar-refractivity contribution >= 4 is 11.7 Å². The van der Waals surface area contributed by atoms with Gasteiger partial charge in [-0.15, -0.1) is 0 Å². The SMILES string of the molecule is O=C1CCN(CCc2ccccc2)C1=O. The summed E-state index contributed by atoms with van der Waals surface area (Å²) < 4.78 is 0. The Kier molecular flexibility index (Phi) is 2.81. The van der Waals surface area contributed by atoms with Gasteiger partial charge in [-0.2, -0.15) is 0 Å². The molecule has 1 aromatic carbocycles. The number of Topliss-reactive ketones (excluding diaryl/α,β-unsaturated/α-hetero) is 1. The molecule has 0 unspecified atom stereocenters. The van der Waals surface area contributed by atoms with E-state index in [4.69, 9.17) is 0 Å². The summed E-state index contributed by atoms with van der Waals surface area (Å²) >= 11 is 0. The zero-order valence-electron chi connectivity index (χ0n) is 8.48. The Labute approximate surface area is 88.7 Å². The molecule has 1 amide bonds. The third-order valence-corrected chi connectivity index (χ3v) is 2.65. The Balaban J connectivity index is 1.89. The van der Waals surface area contributed by atoms with Gasteiger partial charge in [0.05, 0.1) is 0 Å². The van der Waals surface area contributed by atoms with Crippen molar-refractivity contribution in [3.63, 3.8) is 0 Å². The molecule has 1 heterocycles. The third-order valence-electron chi connectivity index (χ3n) is 2.65. The van der Waals surface area contributed by atoms with E-state index in [0.29, 0.717) is 19.5 Å². The lowest BCUT2D eigenvalue weighted by molar-refractivity contribution is -0.139. The number of amides is 1. The van der Waals surface area contributed by atoms with E-state index in [1.165, 1.54) is 5.56 Å². The quantitative estimate of drug-likeness (QED) is 0.688. The molecule has 1 fully saturated rings. The van der Waals surface area contributed by atoms with Crippen LogP contribution in [0, 0.1) is 0 Å². The van der Waals surface area contributed by atoms with E-state index >= 15 is 0 Å². The summed E-state index contributed by atoms with van der Waals surface area (Å²) in [4.78, 5) is 23.9. The minimum absolute atomic E-state index is 0.247. The highest BCUT2D eigenvalue weighted by molar-refractivity contribution is 6.37. The van der Waals surface area contributed by atoms with Crippen molar-refractivity contribution in [2.75, 3.05) is 13.1 Å². The molecule has 0 N–H and O–H groups in total. The van der Waals surface area contributed by atoms with E-state index in [-0.39, 0.29) is 11.7 Å². The van der Waals surface area contributed by atoms with Crippen LogP contribution in [0.2, 0.25) is 0 Å². The van der Waals surface area contributed by atoms with E-state index in [1.807, 2.05) is 30.3 Å². The Morgan fingerprint density at radius 2 is 1.87 bits per heavy atom. The van der Waals surface area contributed by atoms with Crippen LogP contribution in [0.4, 0.5) is 0 Å². The normalized spacial score (nSPS) is 16.1. The highest BCUT2D eigenvalue weighted by atomic mass is 16.2. The molecule has 0 radical (unpaired) electrons. The molecular formula is C12H13NO2. The predicted octanol–water partition coefficient (Wildman–Crippen LogP) is 1.03. The van der Waals surface area contributed by atoms with Crippen LogP contribution < -0.4 is 0 Å². The molecule has 0 aliphatic carbocycles. The van der Waals surface area contributed by atoms with Crippen LogP contribution >= 0.6 is 0 Å². The van der Waals surface area contributed by atoms with E-state index in [9.17, 15) is 9.59 Å². The predicted molar refractivity (Wildman–Crippen MR) is 56.4 cm³/mol. The van der Waals surface area contributed by atoms with Crippen LogP contribution in [-0.2, 0) is 16.0 Å². The van der Waals surface area contributed by atoms with Crippen LogP contribution in [0.5, 0.6) is 0 Å². The molecule has 1 aliphatic heterocycles. The van der Waals surface area contributed by atoms with Crippen LogP contribution in [-0.4, -0.2) is 29.7 Å². The van der Waals surface area contributed by atoms with Crippen molar-refractivity contribution in [3.8, 4) is 0 Å². The lowest BCUT2D eigenvalue weighted by atomic mass is 10.1. The number of ketones is 1. The average Bonchev–Trinajstić information content (AvgIpc) is 2.59. The zero-order chi connectivity index (χ0) is 10.7. The second-order valence-corrected chi connectivity index (χ2v) is 3.70. The Bertz CT molecular complexity index is 372. The van der Waals surface area contributed by atoms with Gasteiger partial charge in [0, 0.05) is 19.5 Å². The number of hydrogen-bond donors (Lipinski definition) is 0. The van der Waals surface area contributed by atoms with Crippen molar-refractivity contribution in [1.82, 2.24) is 4.90 Å². The molecule has 0 atom stereocenters. The maximum absolute atomic E-state index is 11.3. The van der Waals surface area contributed by atoms with Gasteiger partial charge in [-0.25, -0.2) is 0 Å². The fourth-order valence-electron chi connectivity index (χ4n) is 1.74. The van der Waals surface area contributed by atoms with Crippen LogP contribution in [0.3, 0.4) is 0 Å². The summed E-state index contributed by atoms with van der Waals surface area (Å²) in [7, 11) is 0. The molecule has 1 aliphatic rings. The highest BCUT2D eigenvalue weighted by Gasteiger charge is 2.28. The second-order valence-electron chi connectivity index (χ2n) is 3.70. The van der Waals surface area contributed by atoms with Crippen molar-refractivity contribution in [3.05, 3.63) is 35.9 Å². The standard InChI is InChI=1S/C12H13NO2/c14-11-7-9-13(12(11)15)8-6-10-4-2-1-3-5-10/h1-5H,6-9H2. The fraction of sp³-hybridized carbons (Fsp3) is 0.333. The Morgan fingerprint density at radius 1 is 1.13 bits per heavy atom. The minimum Gasteiger partial charge on any atom is -0.335 e. The van der Waals surface area contributed by atoms with Gasteiger partial charge in [0.25, 0.3) is 5.91 Å². The molecule has 78 valence electrons. The van der Waals surface area contributed by atoms with Crippen molar-refractivity contribution in [1.29, 1.82) is 0 Å². The van der Waals surface area contributed by atoms with Crippen molar-refractivity contribution in [2.24, 2.45) is 0 Å². The van der Waals surface area contributed by atoms with E-state index in [0.717, 1.165) is 6.42 Å². The number of rotatable bonds is 3. The monoisotopic (exact) mass is 203 g/mol. The van der Waals surface area contributed by atoms with Gasteiger partial charge in [-0.1, -0.05) is 30.3 Å². The van der Waals surface area contributed by atoms with Gasteiger partial charge in [0.2, 0.25) is 5.78 Å². The lowest BCUT2D eigenvalue weighted by Gasteiger charge is -2.13. The number of likely N-dealkylation sites (tertiary alicyclic amines) is 1. The largest absolute Gasteiger partial charge is 0.335 e. The topological polar surface area (TPSA) is 37.4 Å². The summed E-state index contributed by atoms with van der Waals surface area (Å²) in [5.41, 5.74) is 1.20. The molecule has 15 heavy (non-hydrogen) atoms. The molecule has 0 saturated carbocycles. The summed E-state index contributed by atoms with van der Waals surface area (Å²) in [5, 5.41) is 0. The first kappa shape index (κ1) is 9.90. The van der Waals surface area contributed by atoms with Crippen LogP contribution in [0.15, 0.2) is 30.3 Å². The second kappa shape index (κ2) is 4.26. The first-order valence-corrected chi connectivity index (χ1v) is 5.13. The number of carbonyl (C=O) groups excluding carboxylic acids is 2. The van der Waals surface area contributed by atoms with Gasteiger partial charge >= 0.3 is 0 Å². The smallest absolute Gasteiger partial charge is 0.290 e. The van der Waals surface area contributed by atoms with Crippen molar-refractivity contribution < 1.29 is 9.59 Å². The number of benzene rings is 1. The van der Waals surface area contributed by atoms with Gasteiger partial charge in [0.1, 0.15) is 0 Å². The maximum Gasteiger partial charge on any atom is 0.290 e. The average molecular weight is 203 g/mol. The van der Waals surface area contributed by atoms with Crippen molar-refractivity contribution in [2.45, 2.75) is 12.8 Å². The number of carbonyl (C=O) groups is 2. The van der Waals surface area contributed by atoms with Crippen LogP contribution in [0.1, 0.15) is 12.0 Å². The molecule has 0 aromatic heterocycles. The van der Waals surface area contributed by atoms with E-state index in [1.54, 1.807) is 4.90 Å². The summed E-state index contributed by atoms with van der Waals surface area (Å²) in [6, 6.07) is 9.98. The fourth-order valence-corrected chi connectivity index (χ4v) is 1.74. The summed E-state index contributed by atoms with van der Waals surface area (Å²) in [6.07, 6.45) is 1.20. The van der Waals surface area contributed by atoms with E-state index in [2.05, 4.69) is 0 Å². The van der Waals surface area contributed by atoms with E-state index < -0.39 is 0 Å². The molecule has 3 heteroatoms. The zero-order valence-corrected chi connectivity index (χ0v) is 8.48. The maximum atomic E-state index is 11.3. The molecule has 0 bridgehead atoms. The third kappa shape index (κ3) is 2.24. The molecule has 3 nitrogen and oxygen atoms in total. The Morgan fingerprint density at radius 3 is 2.47 bits per heavy atom. The molecule has 1 aromatic rings. The first-order chi connectivity index (χ1) is 7.27. The molecule has 2 rings (SSSR count). The highest BCUT2D eigenvalue weighted by Crippen LogP contribution is 2.08. The first-order valence-electron chi connectivity index (χ1n) is 5.13. The minimum atomic E-state index is -0.314. The van der Waals surface area contributed by atoms with Gasteiger partial charge in [-0.3, -0.25) is 9.59 Å². The molecular weight excluding hydrogens is 190 g/mol. The van der Waals surface area contributed by atoms with Crippen LogP contribution in [0.25, 0.3) is 0 Å². The van der Waals surface area contributed by atoms with Gasteiger partial charge in [-0.05, 0) is 12.0 Å². The summed E-state index contributed by atoms with van der Waals surface area (Å²) in [5.74, 6) is -0.561. The van der Waals surface area contributed by atoms with Gasteiger partial charge < -0.3 is 4.90 Å². The number of nitrogens with zero attached hydrogens (tertiary/aromatic N) is 1. The summed E-state index contributed by atoms with van der Waals surface area (Å²) in [6.45, 7) is 1.24. The Hall–Kier alpha value is -1.64. The molecule has 1 saturated heterocycles. The van der Waals surface area contributed by atoms with Gasteiger partial charge in [0.15, 0.2) is 0 Å². The molecule has 0 spiro atoms.